The van der Waals surface area contributed by atoms with Crippen LogP contribution in [0.5, 0.6) is 0 Å². The Morgan fingerprint density at radius 3 is 2.33 bits per heavy atom. The standard InChI is InChI=1S/C30H46O3/c1-18(2)16-19-17-21(26(32)33-19)20-10-14-29(6)22(20)8-9-24-28(5)13-12-25(31)27(3,4)23(28)11-15-30(24,29)7/h16-17,19-20,22-25,31H,8-15H2,1-7H3/t19-,20+,22+,23-,24+,25-,28-,29+,30+/m0/s1. The van der Waals surface area contributed by atoms with Crippen molar-refractivity contribution in [3.63, 3.8) is 0 Å². The summed E-state index contributed by atoms with van der Waals surface area (Å²) in [5.74, 6) is 2.16. The zero-order valence-corrected chi connectivity index (χ0v) is 22.0. The molecule has 9 atom stereocenters. The first kappa shape index (κ1) is 23.6. The molecule has 0 amide bonds. The van der Waals surface area contributed by atoms with Crippen molar-refractivity contribution in [3.05, 3.63) is 23.3 Å². The van der Waals surface area contributed by atoms with E-state index in [0.29, 0.717) is 34.5 Å². The molecule has 5 aliphatic rings. The molecular formula is C30H46O3. The molecule has 0 spiro atoms. The van der Waals surface area contributed by atoms with Gasteiger partial charge in [-0.3, -0.25) is 0 Å². The van der Waals surface area contributed by atoms with Gasteiger partial charge in [-0.2, -0.15) is 0 Å². The van der Waals surface area contributed by atoms with Crippen LogP contribution in [0.4, 0.5) is 0 Å². The highest BCUT2D eigenvalue weighted by Gasteiger charge is 2.68. The van der Waals surface area contributed by atoms with Crippen molar-refractivity contribution in [3.8, 4) is 0 Å². The summed E-state index contributed by atoms with van der Waals surface area (Å²) in [6.45, 7) is 16.5. The molecule has 5 rings (SSSR count). The summed E-state index contributed by atoms with van der Waals surface area (Å²) in [6, 6.07) is 0. The number of carbonyl (C=O) groups excluding carboxylic acids is 1. The first-order valence-electron chi connectivity index (χ1n) is 13.6. The molecule has 33 heavy (non-hydrogen) atoms. The number of cyclic esters (lactones) is 1. The maximum atomic E-state index is 12.9. The molecule has 0 saturated heterocycles. The molecular weight excluding hydrogens is 408 g/mol. The molecule has 0 bridgehead atoms. The molecule has 0 aromatic carbocycles. The molecule has 0 aromatic rings. The van der Waals surface area contributed by atoms with Gasteiger partial charge in [0.15, 0.2) is 0 Å². The maximum absolute atomic E-state index is 12.9. The number of hydrogen-bond acceptors (Lipinski definition) is 3. The van der Waals surface area contributed by atoms with E-state index in [2.05, 4.69) is 60.6 Å². The Morgan fingerprint density at radius 2 is 1.64 bits per heavy atom. The molecule has 1 heterocycles. The van der Waals surface area contributed by atoms with E-state index >= 15 is 0 Å². The zero-order chi connectivity index (χ0) is 24.0. The summed E-state index contributed by atoms with van der Waals surface area (Å²) < 4.78 is 5.73. The third kappa shape index (κ3) is 3.13. The zero-order valence-electron chi connectivity index (χ0n) is 22.0. The Balaban J connectivity index is 1.46. The van der Waals surface area contributed by atoms with E-state index in [-0.39, 0.29) is 29.0 Å². The van der Waals surface area contributed by atoms with Crippen molar-refractivity contribution < 1.29 is 14.6 Å². The molecule has 4 aliphatic carbocycles. The second kappa shape index (κ2) is 7.45. The molecule has 3 nitrogen and oxygen atoms in total. The van der Waals surface area contributed by atoms with Crippen molar-refractivity contribution in [1.29, 1.82) is 0 Å². The van der Waals surface area contributed by atoms with E-state index in [9.17, 15) is 9.90 Å². The summed E-state index contributed by atoms with van der Waals surface area (Å²) >= 11 is 0. The normalized spacial score (nSPS) is 50.5. The Bertz CT molecular complexity index is 894. The van der Waals surface area contributed by atoms with E-state index in [1.54, 1.807) is 0 Å². The Morgan fingerprint density at radius 1 is 0.939 bits per heavy atom. The minimum absolute atomic E-state index is 0.00263. The molecule has 0 aromatic heterocycles. The predicted octanol–water partition coefficient (Wildman–Crippen LogP) is 6.85. The maximum Gasteiger partial charge on any atom is 0.335 e. The minimum atomic E-state index is -0.179. The monoisotopic (exact) mass is 454 g/mol. The van der Waals surface area contributed by atoms with Crippen LogP contribution >= 0.6 is 0 Å². The number of esters is 1. The average Bonchev–Trinajstić information content (AvgIpc) is 3.24. The van der Waals surface area contributed by atoms with Crippen molar-refractivity contribution in [1.82, 2.24) is 0 Å². The second-order valence-electron chi connectivity index (χ2n) is 13.9. The molecule has 0 radical (unpaired) electrons. The fourth-order valence-corrected chi connectivity index (χ4v) is 10.3. The number of rotatable bonds is 2. The molecule has 4 saturated carbocycles. The van der Waals surface area contributed by atoms with Gasteiger partial charge in [0.05, 0.1) is 6.10 Å². The lowest BCUT2D eigenvalue weighted by Gasteiger charge is -2.69. The average molecular weight is 455 g/mol. The number of fused-ring (bicyclic) bond motifs is 5. The van der Waals surface area contributed by atoms with Crippen LogP contribution in [0.2, 0.25) is 0 Å². The summed E-state index contributed by atoms with van der Waals surface area (Å²) in [5, 5.41) is 10.9. The third-order valence-electron chi connectivity index (χ3n) is 12.1. The van der Waals surface area contributed by atoms with Crippen LogP contribution in [0.15, 0.2) is 23.3 Å². The van der Waals surface area contributed by atoms with Crippen LogP contribution in [-0.2, 0) is 9.53 Å². The topological polar surface area (TPSA) is 46.5 Å². The highest BCUT2D eigenvalue weighted by Crippen LogP contribution is 2.75. The van der Waals surface area contributed by atoms with Crippen molar-refractivity contribution in [2.75, 3.05) is 0 Å². The highest BCUT2D eigenvalue weighted by atomic mass is 16.5. The molecule has 1 N–H and O–H groups in total. The van der Waals surface area contributed by atoms with Crippen LogP contribution in [-0.4, -0.2) is 23.3 Å². The number of allylic oxidation sites excluding steroid dienone is 1. The van der Waals surface area contributed by atoms with E-state index in [4.69, 9.17) is 4.74 Å². The van der Waals surface area contributed by atoms with Gasteiger partial charge in [-0.25, -0.2) is 4.79 Å². The number of carbonyl (C=O) groups is 1. The van der Waals surface area contributed by atoms with E-state index in [1.165, 1.54) is 37.7 Å². The second-order valence-corrected chi connectivity index (χ2v) is 13.9. The fraction of sp³-hybridized carbons (Fsp3) is 0.833. The molecule has 184 valence electrons. The van der Waals surface area contributed by atoms with Gasteiger partial charge < -0.3 is 9.84 Å². The van der Waals surface area contributed by atoms with E-state index in [1.807, 2.05) is 0 Å². The summed E-state index contributed by atoms with van der Waals surface area (Å²) in [5.41, 5.74) is 3.04. The highest BCUT2D eigenvalue weighted by molar-refractivity contribution is 5.92. The van der Waals surface area contributed by atoms with Gasteiger partial charge in [0.1, 0.15) is 6.10 Å². The molecule has 3 heteroatoms. The molecule has 0 unspecified atom stereocenters. The number of hydrogen-bond donors (Lipinski definition) is 1. The number of aliphatic hydroxyl groups excluding tert-OH is 1. The van der Waals surface area contributed by atoms with Gasteiger partial charge >= 0.3 is 5.97 Å². The van der Waals surface area contributed by atoms with Gasteiger partial charge in [0.25, 0.3) is 0 Å². The van der Waals surface area contributed by atoms with Crippen molar-refractivity contribution in [2.45, 2.75) is 112 Å². The van der Waals surface area contributed by atoms with Gasteiger partial charge in [-0.05, 0) is 123 Å². The Kier molecular flexibility index (Phi) is 5.34. The quantitative estimate of drug-likeness (QED) is 0.366. The van der Waals surface area contributed by atoms with Gasteiger partial charge in [0, 0.05) is 5.57 Å². The van der Waals surface area contributed by atoms with Gasteiger partial charge in [0.2, 0.25) is 0 Å². The molecule has 1 aliphatic heterocycles. The van der Waals surface area contributed by atoms with Crippen LogP contribution in [0.1, 0.15) is 99.8 Å². The summed E-state index contributed by atoms with van der Waals surface area (Å²) in [6.07, 6.45) is 13.3. The van der Waals surface area contributed by atoms with Gasteiger partial charge in [-0.1, -0.05) is 40.2 Å². The first-order chi connectivity index (χ1) is 15.3. The van der Waals surface area contributed by atoms with Crippen LogP contribution in [0.25, 0.3) is 0 Å². The SMILES string of the molecule is CC(C)=C[C@H]1C=C([C@H]2CC[C@]3(C)[C@@H]2CC[C@@H]2[C@@]4(C)CC[C@H](O)C(C)(C)[C@@H]4CC[C@]23C)C(=O)O1. The van der Waals surface area contributed by atoms with Crippen molar-refractivity contribution in [2.24, 2.45) is 45.3 Å². The van der Waals surface area contributed by atoms with E-state index < -0.39 is 0 Å². The smallest absolute Gasteiger partial charge is 0.335 e. The largest absolute Gasteiger partial charge is 0.450 e. The van der Waals surface area contributed by atoms with Crippen LogP contribution < -0.4 is 0 Å². The van der Waals surface area contributed by atoms with E-state index in [0.717, 1.165) is 24.8 Å². The van der Waals surface area contributed by atoms with Crippen molar-refractivity contribution >= 4 is 5.97 Å². The Hall–Kier alpha value is -1.09. The lowest BCUT2D eigenvalue weighted by molar-refractivity contribution is -0.220. The third-order valence-corrected chi connectivity index (χ3v) is 12.1. The summed E-state index contributed by atoms with van der Waals surface area (Å²) in [7, 11) is 0. The summed E-state index contributed by atoms with van der Waals surface area (Å²) in [4.78, 5) is 12.9. The molecule has 4 fully saturated rings. The number of aliphatic hydroxyl groups is 1. The lowest BCUT2D eigenvalue weighted by Crippen LogP contribution is -2.63. The number of ether oxygens (including phenoxy) is 1. The minimum Gasteiger partial charge on any atom is -0.450 e. The predicted molar refractivity (Wildman–Crippen MR) is 132 cm³/mol. The fourth-order valence-electron chi connectivity index (χ4n) is 10.3. The first-order valence-corrected chi connectivity index (χ1v) is 13.6. The Labute approximate surface area is 201 Å². The van der Waals surface area contributed by atoms with Gasteiger partial charge in [-0.15, -0.1) is 0 Å². The van der Waals surface area contributed by atoms with Crippen LogP contribution in [0, 0.1) is 45.3 Å². The lowest BCUT2D eigenvalue weighted by atomic mass is 9.35. The van der Waals surface area contributed by atoms with Crippen LogP contribution in [0.3, 0.4) is 0 Å².